The molecule has 0 spiro atoms. The van der Waals surface area contributed by atoms with E-state index in [1.54, 1.807) is 29.2 Å². The molecule has 126 valence electrons. The third kappa shape index (κ3) is 4.83. The van der Waals surface area contributed by atoms with Crippen LogP contribution in [0.3, 0.4) is 0 Å². The standard InChI is InChI=1S/C16H20Cl2N2O3/c17-16(18,9-3-11-21)15(23)19-12-5-7-13(8-6-12)20-10-2-1-4-14(20)22/h5-8,21H,1-4,9-11H2,(H,19,23). The molecule has 2 N–H and O–H groups in total. The average molecular weight is 359 g/mol. The second-order valence-electron chi connectivity index (χ2n) is 5.54. The molecule has 0 saturated carbocycles. The Balaban J connectivity index is 1.99. The van der Waals surface area contributed by atoms with E-state index < -0.39 is 10.2 Å². The summed E-state index contributed by atoms with van der Waals surface area (Å²) in [6.45, 7) is 0.644. The van der Waals surface area contributed by atoms with E-state index in [1.165, 1.54) is 0 Å². The average Bonchev–Trinajstić information content (AvgIpc) is 2.54. The number of carbonyl (C=O) groups is 2. The van der Waals surface area contributed by atoms with Crippen LogP contribution in [0.15, 0.2) is 24.3 Å². The maximum absolute atomic E-state index is 12.1. The highest BCUT2D eigenvalue weighted by molar-refractivity contribution is 6.59. The van der Waals surface area contributed by atoms with Crippen LogP contribution in [0.4, 0.5) is 11.4 Å². The summed E-state index contributed by atoms with van der Waals surface area (Å²) in [5.74, 6) is -0.409. The van der Waals surface area contributed by atoms with Crippen molar-refractivity contribution in [1.29, 1.82) is 0 Å². The van der Waals surface area contributed by atoms with Gasteiger partial charge < -0.3 is 15.3 Å². The Hall–Kier alpha value is -1.30. The fourth-order valence-corrected chi connectivity index (χ4v) is 2.80. The summed E-state index contributed by atoms with van der Waals surface area (Å²) >= 11 is 12.0. The maximum Gasteiger partial charge on any atom is 0.260 e. The molecule has 1 aromatic carbocycles. The number of benzene rings is 1. The van der Waals surface area contributed by atoms with Crippen LogP contribution in [0.2, 0.25) is 0 Å². The van der Waals surface area contributed by atoms with Crippen LogP contribution < -0.4 is 10.2 Å². The molecule has 0 radical (unpaired) electrons. The highest BCUT2D eigenvalue weighted by Crippen LogP contribution is 2.29. The number of alkyl halides is 2. The minimum Gasteiger partial charge on any atom is -0.396 e. The number of hydrogen-bond acceptors (Lipinski definition) is 3. The van der Waals surface area contributed by atoms with Gasteiger partial charge in [0.05, 0.1) is 0 Å². The number of carbonyl (C=O) groups excluding carboxylic acids is 2. The Bertz CT molecular complexity index is 561. The number of hydrogen-bond donors (Lipinski definition) is 2. The molecule has 0 unspecified atom stereocenters. The van der Waals surface area contributed by atoms with E-state index in [4.69, 9.17) is 28.3 Å². The van der Waals surface area contributed by atoms with Gasteiger partial charge in [-0.05, 0) is 49.9 Å². The molecule has 5 nitrogen and oxygen atoms in total. The number of aliphatic hydroxyl groups excluding tert-OH is 1. The molecule has 2 rings (SSSR count). The van der Waals surface area contributed by atoms with Gasteiger partial charge in [-0.3, -0.25) is 9.59 Å². The molecule has 7 heteroatoms. The summed E-state index contributed by atoms with van der Waals surface area (Å²) in [4.78, 5) is 25.7. The monoisotopic (exact) mass is 358 g/mol. The molecule has 0 aliphatic carbocycles. The molecule has 1 fully saturated rings. The van der Waals surface area contributed by atoms with Gasteiger partial charge in [0.15, 0.2) is 4.33 Å². The van der Waals surface area contributed by atoms with Crippen molar-refractivity contribution >= 4 is 46.4 Å². The lowest BCUT2D eigenvalue weighted by Gasteiger charge is -2.27. The van der Waals surface area contributed by atoms with Crippen LogP contribution in [0.25, 0.3) is 0 Å². The number of anilines is 2. The highest BCUT2D eigenvalue weighted by Gasteiger charge is 2.33. The van der Waals surface area contributed by atoms with E-state index in [2.05, 4.69) is 5.32 Å². The number of piperidine rings is 1. The fourth-order valence-electron chi connectivity index (χ4n) is 2.44. The Morgan fingerprint density at radius 1 is 1.26 bits per heavy atom. The normalized spacial score (nSPS) is 15.6. The van der Waals surface area contributed by atoms with Crippen molar-refractivity contribution < 1.29 is 14.7 Å². The summed E-state index contributed by atoms with van der Waals surface area (Å²) in [6, 6.07) is 7.00. The fraction of sp³-hybridized carbons (Fsp3) is 0.500. The summed E-state index contributed by atoms with van der Waals surface area (Å²) < 4.78 is -1.58. The minimum absolute atomic E-state index is 0.0764. The summed E-state index contributed by atoms with van der Waals surface area (Å²) in [5.41, 5.74) is 1.37. The SMILES string of the molecule is O=C1CCCCN1c1ccc(NC(=O)C(Cl)(Cl)CCCO)cc1. The van der Waals surface area contributed by atoms with Crippen LogP contribution in [0.1, 0.15) is 32.1 Å². The molecule has 0 bridgehead atoms. The zero-order chi connectivity index (χ0) is 16.9. The van der Waals surface area contributed by atoms with E-state index in [9.17, 15) is 9.59 Å². The van der Waals surface area contributed by atoms with Gasteiger partial charge in [0.1, 0.15) is 0 Å². The quantitative estimate of drug-likeness (QED) is 0.767. The van der Waals surface area contributed by atoms with Gasteiger partial charge in [-0.25, -0.2) is 0 Å². The summed E-state index contributed by atoms with van der Waals surface area (Å²) in [6.07, 6.45) is 3.01. The molecule has 1 heterocycles. The lowest BCUT2D eigenvalue weighted by Crippen LogP contribution is -2.35. The van der Waals surface area contributed by atoms with Crippen LogP contribution in [-0.4, -0.2) is 34.4 Å². The second kappa shape index (κ2) is 7.99. The Kier molecular flexibility index (Phi) is 6.27. The molecular formula is C16H20Cl2N2O3. The second-order valence-corrected chi connectivity index (χ2v) is 7.02. The Labute approximate surface area is 145 Å². The van der Waals surface area contributed by atoms with Crippen LogP contribution in [-0.2, 0) is 9.59 Å². The third-order valence-corrected chi connectivity index (χ3v) is 4.46. The van der Waals surface area contributed by atoms with Crippen molar-refractivity contribution in [1.82, 2.24) is 0 Å². The zero-order valence-corrected chi connectivity index (χ0v) is 14.2. The molecule has 2 amide bonds. The van der Waals surface area contributed by atoms with Crippen LogP contribution >= 0.6 is 23.2 Å². The van der Waals surface area contributed by atoms with Crippen molar-refractivity contribution in [3.05, 3.63) is 24.3 Å². The summed E-state index contributed by atoms with van der Waals surface area (Å²) in [5, 5.41) is 11.4. The molecule has 0 atom stereocenters. The van der Waals surface area contributed by atoms with Crippen molar-refractivity contribution in [2.45, 2.75) is 36.4 Å². The molecule has 0 aromatic heterocycles. The topological polar surface area (TPSA) is 69.6 Å². The lowest BCUT2D eigenvalue weighted by atomic mass is 10.1. The zero-order valence-electron chi connectivity index (χ0n) is 12.7. The first-order chi connectivity index (χ1) is 10.9. The number of nitrogens with one attached hydrogen (secondary N) is 1. The predicted molar refractivity (Wildman–Crippen MR) is 92.0 cm³/mol. The highest BCUT2D eigenvalue weighted by atomic mass is 35.5. The first kappa shape index (κ1) is 18.0. The number of nitrogens with zero attached hydrogens (tertiary/aromatic N) is 1. The minimum atomic E-state index is -1.58. The molecular weight excluding hydrogens is 339 g/mol. The van der Waals surface area contributed by atoms with E-state index >= 15 is 0 Å². The maximum atomic E-state index is 12.1. The van der Waals surface area contributed by atoms with Gasteiger partial charge in [0, 0.05) is 30.9 Å². The smallest absolute Gasteiger partial charge is 0.260 e. The molecule has 1 saturated heterocycles. The van der Waals surface area contributed by atoms with E-state index in [0.717, 1.165) is 25.1 Å². The number of rotatable bonds is 6. The van der Waals surface area contributed by atoms with Gasteiger partial charge in [-0.15, -0.1) is 0 Å². The number of amides is 2. The molecule has 1 aliphatic rings. The first-order valence-electron chi connectivity index (χ1n) is 7.64. The molecule has 23 heavy (non-hydrogen) atoms. The van der Waals surface area contributed by atoms with Crippen molar-refractivity contribution in [2.24, 2.45) is 0 Å². The van der Waals surface area contributed by atoms with Crippen molar-refractivity contribution in [2.75, 3.05) is 23.4 Å². The van der Waals surface area contributed by atoms with Gasteiger partial charge in [-0.1, -0.05) is 23.2 Å². The van der Waals surface area contributed by atoms with Gasteiger partial charge >= 0.3 is 0 Å². The van der Waals surface area contributed by atoms with Crippen LogP contribution in [0, 0.1) is 0 Å². The lowest BCUT2D eigenvalue weighted by molar-refractivity contribution is -0.119. The third-order valence-electron chi connectivity index (χ3n) is 3.74. The van der Waals surface area contributed by atoms with Gasteiger partial charge in [-0.2, -0.15) is 0 Å². The molecule has 1 aliphatic heterocycles. The van der Waals surface area contributed by atoms with E-state index in [1.807, 2.05) is 0 Å². The summed E-state index contributed by atoms with van der Waals surface area (Å²) in [7, 11) is 0. The number of aliphatic hydroxyl groups is 1. The Morgan fingerprint density at radius 2 is 1.96 bits per heavy atom. The first-order valence-corrected chi connectivity index (χ1v) is 8.40. The van der Waals surface area contributed by atoms with E-state index in [-0.39, 0.29) is 18.9 Å². The van der Waals surface area contributed by atoms with Gasteiger partial charge in [0.2, 0.25) is 5.91 Å². The van der Waals surface area contributed by atoms with Gasteiger partial charge in [0.25, 0.3) is 5.91 Å². The molecule has 1 aromatic rings. The largest absolute Gasteiger partial charge is 0.396 e. The predicted octanol–water partition coefficient (Wildman–Crippen LogP) is 3.09. The number of halogens is 2. The Morgan fingerprint density at radius 3 is 2.57 bits per heavy atom. The van der Waals surface area contributed by atoms with E-state index in [0.29, 0.717) is 18.5 Å². The van der Waals surface area contributed by atoms with Crippen LogP contribution in [0.5, 0.6) is 0 Å². The van der Waals surface area contributed by atoms with Crippen molar-refractivity contribution in [3.8, 4) is 0 Å². The van der Waals surface area contributed by atoms with Crippen molar-refractivity contribution in [3.63, 3.8) is 0 Å².